The number of hydrogen-bond acceptors (Lipinski definition) is 6. The maximum Gasteiger partial charge on any atom is 0.358 e. The number of carbonyl (C=O) groups excluding carboxylic acids is 1. The van der Waals surface area contributed by atoms with Crippen molar-refractivity contribution < 1.29 is 17.9 Å². The third kappa shape index (κ3) is 4.27. The van der Waals surface area contributed by atoms with Gasteiger partial charge in [-0.05, 0) is 30.3 Å². The number of anilines is 2. The molecule has 0 saturated heterocycles. The van der Waals surface area contributed by atoms with E-state index < -0.39 is 22.7 Å². The summed E-state index contributed by atoms with van der Waals surface area (Å²) >= 11 is 0. The van der Waals surface area contributed by atoms with Gasteiger partial charge in [0.1, 0.15) is 5.69 Å². The van der Waals surface area contributed by atoms with Gasteiger partial charge in [0.15, 0.2) is 6.73 Å². The lowest BCUT2D eigenvalue weighted by Crippen LogP contribution is -2.30. The lowest BCUT2D eigenvalue weighted by molar-refractivity contribution is 0.0389. The number of nitrogens with one attached hydrogen (secondary N) is 2. The number of H-pyrrole nitrogens is 1. The number of pyridine rings is 1. The van der Waals surface area contributed by atoms with Crippen molar-refractivity contribution in [3.63, 3.8) is 0 Å². The number of fused-ring (bicyclic) bond motifs is 1. The summed E-state index contributed by atoms with van der Waals surface area (Å²) in [5, 5.41) is 4.02. The first-order valence-electron chi connectivity index (χ1n) is 9.43. The minimum absolute atomic E-state index is 0.124. The molecule has 0 aliphatic heterocycles. The van der Waals surface area contributed by atoms with E-state index in [1.54, 1.807) is 42.7 Å². The minimum atomic E-state index is -3.78. The lowest BCUT2D eigenvalue weighted by atomic mass is 10.2. The minimum Gasteiger partial charge on any atom is -0.444 e. The van der Waals surface area contributed by atoms with Crippen molar-refractivity contribution in [2.24, 2.45) is 0 Å². The van der Waals surface area contributed by atoms with E-state index >= 15 is 0 Å². The third-order valence-corrected chi connectivity index (χ3v) is 6.48. The first-order valence-corrected chi connectivity index (χ1v) is 10.9. The van der Waals surface area contributed by atoms with Gasteiger partial charge < -0.3 is 15.0 Å². The molecule has 2 heterocycles. The number of rotatable bonds is 7. The SMILES string of the molecule is CN(COC(=O)c1[nH]c2ccccc2c1Nc1ccncc1)S(=O)(=O)c1ccccc1. The number of para-hydroxylation sites is 1. The summed E-state index contributed by atoms with van der Waals surface area (Å²) in [5.74, 6) is -0.678. The van der Waals surface area contributed by atoms with Gasteiger partial charge in [-0.1, -0.05) is 36.4 Å². The fourth-order valence-electron chi connectivity index (χ4n) is 3.07. The Kier molecular flexibility index (Phi) is 5.70. The number of ether oxygens (including phenoxy) is 1. The molecule has 0 aliphatic rings. The van der Waals surface area contributed by atoms with Crippen molar-refractivity contribution in [2.75, 3.05) is 19.1 Å². The van der Waals surface area contributed by atoms with Crippen LogP contribution < -0.4 is 5.32 Å². The van der Waals surface area contributed by atoms with Crippen LogP contribution in [0.3, 0.4) is 0 Å². The fraction of sp³-hybridized carbons (Fsp3) is 0.0909. The van der Waals surface area contributed by atoms with Crippen LogP contribution in [0.2, 0.25) is 0 Å². The molecule has 4 rings (SSSR count). The van der Waals surface area contributed by atoms with E-state index in [0.717, 1.165) is 20.9 Å². The zero-order valence-electron chi connectivity index (χ0n) is 16.6. The monoisotopic (exact) mass is 436 g/mol. The molecule has 0 spiro atoms. The second kappa shape index (κ2) is 8.58. The standard InChI is InChI=1S/C22H20N4O4S/c1-26(31(28,29)17-7-3-2-4-8-17)15-30-22(27)21-20(24-16-11-13-23-14-12-16)18-9-5-6-10-19(18)25-21/h2-14,25H,15H2,1H3,(H,23,24). The van der Waals surface area contributed by atoms with Gasteiger partial charge in [-0.25, -0.2) is 13.2 Å². The number of esters is 1. The summed E-state index contributed by atoms with van der Waals surface area (Å²) < 4.78 is 31.6. The molecule has 2 N–H and O–H groups in total. The number of hydrogen-bond donors (Lipinski definition) is 2. The molecule has 0 atom stereocenters. The van der Waals surface area contributed by atoms with E-state index in [1.165, 1.54) is 19.2 Å². The Morgan fingerprint density at radius 2 is 1.71 bits per heavy atom. The van der Waals surface area contributed by atoms with Crippen LogP contribution in [0, 0.1) is 0 Å². The molecule has 31 heavy (non-hydrogen) atoms. The van der Waals surface area contributed by atoms with Gasteiger partial charge in [-0.2, -0.15) is 4.31 Å². The zero-order chi connectivity index (χ0) is 21.8. The van der Waals surface area contributed by atoms with Gasteiger partial charge in [-0.15, -0.1) is 0 Å². The molecule has 0 aliphatic carbocycles. The second-order valence-corrected chi connectivity index (χ2v) is 8.80. The summed E-state index contributed by atoms with van der Waals surface area (Å²) in [5.41, 5.74) is 2.23. The molecule has 0 bridgehead atoms. The summed E-state index contributed by atoms with van der Waals surface area (Å²) in [7, 11) is -2.42. The molecule has 0 unspecified atom stereocenters. The first-order chi connectivity index (χ1) is 15.0. The molecule has 4 aromatic rings. The maximum atomic E-state index is 12.9. The Morgan fingerprint density at radius 3 is 2.45 bits per heavy atom. The molecule has 0 fully saturated rings. The highest BCUT2D eigenvalue weighted by Gasteiger charge is 2.24. The molecule has 0 saturated carbocycles. The highest BCUT2D eigenvalue weighted by Crippen LogP contribution is 2.31. The van der Waals surface area contributed by atoms with Crippen LogP contribution in [0.4, 0.5) is 11.4 Å². The average molecular weight is 436 g/mol. The Bertz CT molecular complexity index is 1310. The summed E-state index contributed by atoms with van der Waals surface area (Å²) in [4.78, 5) is 20.0. The molecule has 9 heteroatoms. The highest BCUT2D eigenvalue weighted by molar-refractivity contribution is 7.89. The van der Waals surface area contributed by atoms with Crippen molar-refractivity contribution in [1.82, 2.24) is 14.3 Å². The normalized spacial score (nSPS) is 11.5. The molecular weight excluding hydrogens is 416 g/mol. The van der Waals surface area contributed by atoms with Gasteiger partial charge in [0.25, 0.3) is 0 Å². The Labute approximate surface area is 179 Å². The van der Waals surface area contributed by atoms with Crippen LogP contribution in [0.1, 0.15) is 10.5 Å². The van der Waals surface area contributed by atoms with Gasteiger partial charge in [0, 0.05) is 36.0 Å². The topological polar surface area (TPSA) is 104 Å². The summed E-state index contributed by atoms with van der Waals surface area (Å²) in [6.45, 7) is -0.430. The predicted molar refractivity (Wildman–Crippen MR) is 117 cm³/mol. The lowest BCUT2D eigenvalue weighted by Gasteiger charge is -2.17. The molecule has 8 nitrogen and oxygen atoms in total. The second-order valence-electron chi connectivity index (χ2n) is 6.76. The average Bonchev–Trinajstić information content (AvgIpc) is 3.17. The van der Waals surface area contributed by atoms with Crippen LogP contribution >= 0.6 is 0 Å². The number of aromatic amines is 1. The van der Waals surface area contributed by atoms with Crippen molar-refractivity contribution in [3.05, 3.63) is 84.8 Å². The number of benzene rings is 2. The summed E-state index contributed by atoms with van der Waals surface area (Å²) in [6, 6.07) is 19.0. The van der Waals surface area contributed by atoms with E-state index in [9.17, 15) is 13.2 Å². The van der Waals surface area contributed by atoms with E-state index in [2.05, 4.69) is 15.3 Å². The van der Waals surface area contributed by atoms with Gasteiger partial charge in [-0.3, -0.25) is 4.98 Å². The van der Waals surface area contributed by atoms with E-state index in [4.69, 9.17) is 4.74 Å². The molecule has 0 amide bonds. The Hall–Kier alpha value is -3.69. The van der Waals surface area contributed by atoms with Crippen LogP contribution in [0.15, 0.2) is 84.0 Å². The van der Waals surface area contributed by atoms with Gasteiger partial charge in [0.05, 0.1) is 10.6 Å². The number of nitrogens with zero attached hydrogens (tertiary/aromatic N) is 2. The van der Waals surface area contributed by atoms with Crippen LogP contribution in [-0.4, -0.2) is 42.4 Å². The van der Waals surface area contributed by atoms with E-state index in [0.29, 0.717) is 5.69 Å². The number of carbonyl (C=O) groups is 1. The quantitative estimate of drug-likeness (QED) is 0.338. The van der Waals surface area contributed by atoms with Crippen LogP contribution in [-0.2, 0) is 14.8 Å². The van der Waals surface area contributed by atoms with Crippen molar-refractivity contribution >= 4 is 38.3 Å². The third-order valence-electron chi connectivity index (χ3n) is 4.69. The maximum absolute atomic E-state index is 12.9. The van der Waals surface area contributed by atoms with E-state index in [-0.39, 0.29) is 10.6 Å². The van der Waals surface area contributed by atoms with Crippen LogP contribution in [0.25, 0.3) is 10.9 Å². The van der Waals surface area contributed by atoms with Crippen molar-refractivity contribution in [3.8, 4) is 0 Å². The van der Waals surface area contributed by atoms with Crippen LogP contribution in [0.5, 0.6) is 0 Å². The molecule has 2 aromatic heterocycles. The smallest absolute Gasteiger partial charge is 0.358 e. The van der Waals surface area contributed by atoms with Crippen molar-refractivity contribution in [1.29, 1.82) is 0 Å². The molecular formula is C22H20N4O4S. The molecule has 2 aromatic carbocycles. The number of sulfonamides is 1. The largest absolute Gasteiger partial charge is 0.444 e. The molecule has 0 radical (unpaired) electrons. The van der Waals surface area contributed by atoms with Gasteiger partial charge >= 0.3 is 5.97 Å². The predicted octanol–water partition coefficient (Wildman–Crippen LogP) is 3.74. The summed E-state index contributed by atoms with van der Waals surface area (Å²) in [6.07, 6.45) is 3.27. The van der Waals surface area contributed by atoms with Crippen molar-refractivity contribution in [2.45, 2.75) is 4.90 Å². The zero-order valence-corrected chi connectivity index (χ0v) is 17.5. The molecule has 158 valence electrons. The van der Waals surface area contributed by atoms with Gasteiger partial charge in [0.2, 0.25) is 10.0 Å². The Morgan fingerprint density at radius 1 is 1.03 bits per heavy atom. The van der Waals surface area contributed by atoms with E-state index in [1.807, 2.05) is 24.3 Å². The Balaban J connectivity index is 1.57. The number of aromatic nitrogens is 2. The first kappa shape index (κ1) is 20.6. The fourth-order valence-corrected chi connectivity index (χ4v) is 4.12. The highest BCUT2D eigenvalue weighted by atomic mass is 32.2.